The molecule has 2 heteroatoms. The maximum Gasteiger partial charge on any atom is 0.0235 e. The highest BCUT2D eigenvalue weighted by atomic mass is 15.2. The molecule has 1 aromatic carbocycles. The molecule has 1 saturated heterocycles. The third-order valence-corrected chi connectivity index (χ3v) is 4.22. The number of benzene rings is 1. The molecule has 1 fully saturated rings. The molecule has 1 aliphatic heterocycles. The summed E-state index contributed by atoms with van der Waals surface area (Å²) in [5.74, 6) is 0. The van der Waals surface area contributed by atoms with E-state index >= 15 is 0 Å². The van der Waals surface area contributed by atoms with Crippen molar-refractivity contribution >= 4 is 5.57 Å². The van der Waals surface area contributed by atoms with Gasteiger partial charge in [0.2, 0.25) is 0 Å². The van der Waals surface area contributed by atoms with Gasteiger partial charge in [0, 0.05) is 32.7 Å². The zero-order valence-corrected chi connectivity index (χ0v) is 14.8. The molecular weight excluding hydrogens is 280 g/mol. The molecule has 0 bridgehead atoms. The number of hydrogen-bond acceptors (Lipinski definition) is 2. The zero-order valence-electron chi connectivity index (χ0n) is 14.8. The molecule has 0 amide bonds. The van der Waals surface area contributed by atoms with E-state index in [0.29, 0.717) is 0 Å². The number of piperazine rings is 1. The number of nitrogens with one attached hydrogen (secondary N) is 1. The second kappa shape index (κ2) is 9.49. The average molecular weight is 310 g/mol. The summed E-state index contributed by atoms with van der Waals surface area (Å²) in [7, 11) is 0. The fourth-order valence-electron chi connectivity index (χ4n) is 2.97. The summed E-state index contributed by atoms with van der Waals surface area (Å²) in [4.78, 5) is 2.53. The molecule has 0 radical (unpaired) electrons. The van der Waals surface area contributed by atoms with E-state index in [1.807, 2.05) is 0 Å². The predicted octanol–water partition coefficient (Wildman–Crippen LogP) is 4.41. The van der Waals surface area contributed by atoms with Crippen molar-refractivity contribution in [3.05, 3.63) is 65.3 Å². The fraction of sp³-hybridized carbons (Fsp3) is 0.429. The maximum atomic E-state index is 3.42. The smallest absolute Gasteiger partial charge is 0.0235 e. The molecule has 124 valence electrons. The molecule has 0 unspecified atom stereocenters. The van der Waals surface area contributed by atoms with Crippen LogP contribution in [0.2, 0.25) is 0 Å². The highest BCUT2D eigenvalue weighted by molar-refractivity contribution is 5.78. The van der Waals surface area contributed by atoms with Crippen molar-refractivity contribution in [1.82, 2.24) is 10.2 Å². The number of allylic oxidation sites excluding steroid dienone is 6. The summed E-state index contributed by atoms with van der Waals surface area (Å²) >= 11 is 0. The van der Waals surface area contributed by atoms with Crippen molar-refractivity contribution < 1.29 is 0 Å². The first-order chi connectivity index (χ1) is 11.2. The molecule has 2 rings (SSSR count). The van der Waals surface area contributed by atoms with E-state index in [2.05, 4.69) is 79.6 Å². The van der Waals surface area contributed by atoms with Gasteiger partial charge in [-0.3, -0.25) is 4.90 Å². The second-order valence-corrected chi connectivity index (χ2v) is 6.13. The van der Waals surface area contributed by atoms with E-state index in [1.54, 1.807) is 0 Å². The third-order valence-electron chi connectivity index (χ3n) is 4.22. The van der Waals surface area contributed by atoms with Gasteiger partial charge < -0.3 is 5.32 Å². The Bertz CT molecular complexity index is 575. The molecule has 0 spiro atoms. The van der Waals surface area contributed by atoms with Crippen LogP contribution in [0.25, 0.3) is 5.57 Å². The zero-order chi connectivity index (χ0) is 16.5. The molecule has 2 nitrogen and oxygen atoms in total. The van der Waals surface area contributed by atoms with E-state index in [4.69, 9.17) is 0 Å². The van der Waals surface area contributed by atoms with Gasteiger partial charge in [0.1, 0.15) is 0 Å². The van der Waals surface area contributed by atoms with Crippen molar-refractivity contribution in [3.8, 4) is 0 Å². The molecule has 1 N–H and O–H groups in total. The Hall–Kier alpha value is -1.64. The number of hydrogen-bond donors (Lipinski definition) is 1. The van der Waals surface area contributed by atoms with Crippen molar-refractivity contribution in [3.63, 3.8) is 0 Å². The van der Waals surface area contributed by atoms with Crippen molar-refractivity contribution in [2.24, 2.45) is 0 Å². The van der Waals surface area contributed by atoms with Gasteiger partial charge in [0.05, 0.1) is 0 Å². The van der Waals surface area contributed by atoms with Gasteiger partial charge in [-0.15, -0.1) is 0 Å². The van der Waals surface area contributed by atoms with E-state index in [-0.39, 0.29) is 0 Å². The minimum Gasteiger partial charge on any atom is -0.314 e. The lowest BCUT2D eigenvalue weighted by Gasteiger charge is -2.27. The quantitative estimate of drug-likeness (QED) is 0.783. The van der Waals surface area contributed by atoms with Crippen LogP contribution in [-0.4, -0.2) is 31.1 Å². The summed E-state index contributed by atoms with van der Waals surface area (Å²) in [5, 5.41) is 3.42. The molecule has 0 atom stereocenters. The van der Waals surface area contributed by atoms with Gasteiger partial charge in [0.25, 0.3) is 0 Å². The Morgan fingerprint density at radius 3 is 2.70 bits per heavy atom. The van der Waals surface area contributed by atoms with E-state index in [0.717, 1.165) is 39.1 Å². The van der Waals surface area contributed by atoms with Crippen LogP contribution in [0.4, 0.5) is 0 Å². The second-order valence-electron chi connectivity index (χ2n) is 6.13. The van der Waals surface area contributed by atoms with Crippen molar-refractivity contribution in [1.29, 1.82) is 0 Å². The van der Waals surface area contributed by atoms with Crippen LogP contribution in [0.15, 0.2) is 54.1 Å². The van der Waals surface area contributed by atoms with E-state index < -0.39 is 0 Å². The van der Waals surface area contributed by atoms with Crippen LogP contribution in [0.3, 0.4) is 0 Å². The van der Waals surface area contributed by atoms with Crippen LogP contribution in [0.1, 0.15) is 38.3 Å². The van der Waals surface area contributed by atoms with E-state index in [1.165, 1.54) is 22.3 Å². The predicted molar refractivity (Wildman–Crippen MR) is 101 cm³/mol. The van der Waals surface area contributed by atoms with Gasteiger partial charge >= 0.3 is 0 Å². The molecule has 0 aromatic heterocycles. The SMILES string of the molecule is C\C=C/C(=C(C)\C=C/CC)c1cccc(CN2CCNCC2)c1. The van der Waals surface area contributed by atoms with Gasteiger partial charge in [0.15, 0.2) is 0 Å². The fourth-order valence-corrected chi connectivity index (χ4v) is 2.97. The van der Waals surface area contributed by atoms with Gasteiger partial charge in [-0.25, -0.2) is 0 Å². The lowest BCUT2D eigenvalue weighted by molar-refractivity contribution is 0.233. The largest absolute Gasteiger partial charge is 0.314 e. The third kappa shape index (κ3) is 5.49. The normalized spacial score (nSPS) is 17.9. The molecule has 1 aromatic rings. The lowest BCUT2D eigenvalue weighted by atomic mass is 9.97. The van der Waals surface area contributed by atoms with Gasteiger partial charge in [-0.2, -0.15) is 0 Å². The first-order valence-electron chi connectivity index (χ1n) is 8.77. The highest BCUT2D eigenvalue weighted by Gasteiger charge is 2.10. The minimum atomic E-state index is 1.04. The van der Waals surface area contributed by atoms with E-state index in [9.17, 15) is 0 Å². The summed E-state index contributed by atoms with van der Waals surface area (Å²) in [6, 6.07) is 9.00. The standard InChI is InChI=1S/C21H30N2/c1-4-6-9-18(3)21(8-5-2)20-11-7-10-19(16-20)17-23-14-12-22-13-15-23/h5-11,16,22H,4,12-15,17H2,1-3H3/b8-5-,9-6-,21-18+. The maximum absolute atomic E-state index is 3.42. The number of rotatable bonds is 6. The molecule has 1 aliphatic rings. The minimum absolute atomic E-state index is 1.04. The lowest BCUT2D eigenvalue weighted by Crippen LogP contribution is -2.42. The first kappa shape index (κ1) is 17.7. The van der Waals surface area contributed by atoms with Crippen molar-refractivity contribution in [2.45, 2.75) is 33.7 Å². The van der Waals surface area contributed by atoms with Crippen LogP contribution in [-0.2, 0) is 6.54 Å². The number of nitrogens with zero attached hydrogens (tertiary/aromatic N) is 1. The summed E-state index contributed by atoms with van der Waals surface area (Å²) < 4.78 is 0. The van der Waals surface area contributed by atoms with Crippen LogP contribution in [0, 0.1) is 0 Å². The molecule has 0 saturated carbocycles. The molecule has 1 heterocycles. The van der Waals surface area contributed by atoms with Crippen LogP contribution >= 0.6 is 0 Å². The Morgan fingerprint density at radius 1 is 1.22 bits per heavy atom. The Balaban J connectivity index is 2.23. The van der Waals surface area contributed by atoms with Crippen LogP contribution < -0.4 is 5.32 Å². The topological polar surface area (TPSA) is 15.3 Å². The Kier molecular flexibility index (Phi) is 7.31. The van der Waals surface area contributed by atoms with Gasteiger partial charge in [-0.05, 0) is 48.6 Å². The summed E-state index contributed by atoms with van der Waals surface area (Å²) in [5.41, 5.74) is 5.36. The Morgan fingerprint density at radius 2 is 2.00 bits per heavy atom. The summed E-state index contributed by atoms with van der Waals surface area (Å²) in [6.45, 7) is 12.0. The van der Waals surface area contributed by atoms with Crippen LogP contribution in [0.5, 0.6) is 0 Å². The van der Waals surface area contributed by atoms with Crippen molar-refractivity contribution in [2.75, 3.05) is 26.2 Å². The molecule has 23 heavy (non-hydrogen) atoms. The van der Waals surface area contributed by atoms with Gasteiger partial charge in [-0.1, -0.05) is 49.4 Å². The highest BCUT2D eigenvalue weighted by Crippen LogP contribution is 2.23. The summed E-state index contributed by atoms with van der Waals surface area (Å²) in [6.07, 6.45) is 9.88. The average Bonchev–Trinajstić information content (AvgIpc) is 2.58. The monoisotopic (exact) mass is 310 g/mol. The molecule has 0 aliphatic carbocycles. The molecular formula is C21H30N2. The Labute approximate surface area is 141 Å². The first-order valence-corrected chi connectivity index (χ1v) is 8.77.